The number of aryl methyl sites for hydroxylation is 1. The first kappa shape index (κ1) is 14.6. The number of nitrogens with one attached hydrogen (secondary N) is 1. The molecular formula is C17H25BrN2. The summed E-state index contributed by atoms with van der Waals surface area (Å²) in [5.41, 5.74) is 2.76. The first-order chi connectivity index (χ1) is 9.74. The Morgan fingerprint density at radius 1 is 1.25 bits per heavy atom. The second kappa shape index (κ2) is 6.59. The third-order valence-electron chi connectivity index (χ3n) is 4.85. The van der Waals surface area contributed by atoms with E-state index in [2.05, 4.69) is 51.3 Å². The largest absolute Gasteiger partial charge is 0.312 e. The van der Waals surface area contributed by atoms with Crippen LogP contribution in [0.3, 0.4) is 0 Å². The average Bonchev–Trinajstić information content (AvgIpc) is 2.97. The lowest BCUT2D eigenvalue weighted by Gasteiger charge is -2.39. The lowest BCUT2D eigenvalue weighted by atomic mass is 9.94. The highest BCUT2D eigenvalue weighted by Gasteiger charge is 2.31. The van der Waals surface area contributed by atoms with Crippen LogP contribution in [0.25, 0.3) is 0 Å². The number of piperidine rings is 1. The van der Waals surface area contributed by atoms with Crippen LogP contribution in [0, 0.1) is 6.92 Å². The molecule has 0 amide bonds. The van der Waals surface area contributed by atoms with Crippen molar-refractivity contribution in [1.29, 1.82) is 0 Å². The molecule has 3 rings (SSSR count). The SMILES string of the molecule is Cc1ccc(CN2CCCCC2C2CCCN2)cc1Br. The first-order valence-electron chi connectivity index (χ1n) is 7.96. The highest BCUT2D eigenvalue weighted by molar-refractivity contribution is 9.10. The van der Waals surface area contributed by atoms with Gasteiger partial charge in [-0.05, 0) is 62.9 Å². The van der Waals surface area contributed by atoms with E-state index < -0.39 is 0 Å². The van der Waals surface area contributed by atoms with Crippen molar-refractivity contribution in [3.05, 3.63) is 33.8 Å². The van der Waals surface area contributed by atoms with Crippen LogP contribution in [0.2, 0.25) is 0 Å². The van der Waals surface area contributed by atoms with Gasteiger partial charge in [-0.2, -0.15) is 0 Å². The summed E-state index contributed by atoms with van der Waals surface area (Å²) in [5.74, 6) is 0. The summed E-state index contributed by atoms with van der Waals surface area (Å²) in [6, 6.07) is 8.28. The standard InChI is InChI=1S/C17H25BrN2/c1-13-7-8-14(11-15(13)18)12-20-10-3-2-6-17(20)16-5-4-9-19-16/h7-8,11,16-17,19H,2-6,9-10,12H2,1H3. The fraction of sp³-hybridized carbons (Fsp3) is 0.647. The molecule has 0 aromatic heterocycles. The molecule has 0 radical (unpaired) electrons. The molecule has 2 nitrogen and oxygen atoms in total. The van der Waals surface area contributed by atoms with E-state index in [-0.39, 0.29) is 0 Å². The molecule has 0 aliphatic carbocycles. The predicted octanol–water partition coefficient (Wildman–Crippen LogP) is 3.86. The summed E-state index contributed by atoms with van der Waals surface area (Å²) < 4.78 is 1.24. The molecule has 2 fully saturated rings. The normalized spacial score (nSPS) is 27.9. The van der Waals surface area contributed by atoms with E-state index in [1.54, 1.807) is 0 Å². The molecule has 2 unspecified atom stereocenters. The highest BCUT2D eigenvalue weighted by atomic mass is 79.9. The van der Waals surface area contributed by atoms with Crippen LogP contribution in [0.4, 0.5) is 0 Å². The van der Waals surface area contributed by atoms with Crippen molar-refractivity contribution >= 4 is 15.9 Å². The van der Waals surface area contributed by atoms with E-state index in [4.69, 9.17) is 0 Å². The minimum atomic E-state index is 0.726. The number of nitrogens with zero attached hydrogens (tertiary/aromatic N) is 1. The van der Waals surface area contributed by atoms with E-state index in [1.165, 1.54) is 60.8 Å². The molecule has 0 spiro atoms. The molecule has 2 aliphatic heterocycles. The van der Waals surface area contributed by atoms with Crippen molar-refractivity contribution in [1.82, 2.24) is 10.2 Å². The zero-order chi connectivity index (χ0) is 13.9. The van der Waals surface area contributed by atoms with E-state index in [0.717, 1.165) is 18.6 Å². The number of halogens is 1. The van der Waals surface area contributed by atoms with Gasteiger partial charge in [-0.15, -0.1) is 0 Å². The Kier molecular flexibility index (Phi) is 4.79. The zero-order valence-corrected chi connectivity index (χ0v) is 14.0. The van der Waals surface area contributed by atoms with Gasteiger partial charge in [-0.25, -0.2) is 0 Å². The van der Waals surface area contributed by atoms with Crippen molar-refractivity contribution in [2.24, 2.45) is 0 Å². The Balaban J connectivity index is 1.71. The molecule has 2 atom stereocenters. The van der Waals surface area contributed by atoms with Crippen LogP contribution in [0.5, 0.6) is 0 Å². The topological polar surface area (TPSA) is 15.3 Å². The van der Waals surface area contributed by atoms with Gasteiger partial charge in [0.15, 0.2) is 0 Å². The Hall–Kier alpha value is -0.380. The highest BCUT2D eigenvalue weighted by Crippen LogP contribution is 2.27. The van der Waals surface area contributed by atoms with Gasteiger partial charge in [0.2, 0.25) is 0 Å². The van der Waals surface area contributed by atoms with Gasteiger partial charge >= 0.3 is 0 Å². The third kappa shape index (κ3) is 3.26. The van der Waals surface area contributed by atoms with Crippen LogP contribution in [0.1, 0.15) is 43.2 Å². The fourth-order valence-corrected chi connectivity index (χ4v) is 4.10. The lowest BCUT2D eigenvalue weighted by molar-refractivity contribution is 0.112. The van der Waals surface area contributed by atoms with Gasteiger partial charge in [-0.1, -0.05) is 34.5 Å². The summed E-state index contributed by atoms with van der Waals surface area (Å²) in [6.07, 6.45) is 6.84. The molecule has 2 heterocycles. The van der Waals surface area contributed by atoms with Gasteiger partial charge in [0.05, 0.1) is 0 Å². The maximum Gasteiger partial charge on any atom is 0.0252 e. The summed E-state index contributed by atoms with van der Waals surface area (Å²) in [6.45, 7) is 5.72. The van der Waals surface area contributed by atoms with Crippen molar-refractivity contribution < 1.29 is 0 Å². The second-order valence-corrected chi connectivity index (χ2v) is 7.17. The van der Waals surface area contributed by atoms with Crippen LogP contribution >= 0.6 is 15.9 Å². The van der Waals surface area contributed by atoms with Crippen molar-refractivity contribution in [3.8, 4) is 0 Å². The van der Waals surface area contributed by atoms with E-state index >= 15 is 0 Å². The smallest absolute Gasteiger partial charge is 0.0252 e. The molecule has 1 N–H and O–H groups in total. The summed E-state index contributed by atoms with van der Waals surface area (Å²) in [5, 5.41) is 3.71. The van der Waals surface area contributed by atoms with Gasteiger partial charge in [0.25, 0.3) is 0 Å². The Morgan fingerprint density at radius 3 is 2.90 bits per heavy atom. The molecule has 2 saturated heterocycles. The van der Waals surface area contributed by atoms with Gasteiger partial charge in [-0.3, -0.25) is 4.90 Å². The maximum atomic E-state index is 3.71. The minimum absolute atomic E-state index is 0.726. The van der Waals surface area contributed by atoms with E-state index in [9.17, 15) is 0 Å². The quantitative estimate of drug-likeness (QED) is 0.901. The zero-order valence-electron chi connectivity index (χ0n) is 12.4. The molecule has 110 valence electrons. The van der Waals surface area contributed by atoms with E-state index in [0.29, 0.717) is 0 Å². The molecule has 0 saturated carbocycles. The number of benzene rings is 1. The van der Waals surface area contributed by atoms with Crippen LogP contribution in [0.15, 0.2) is 22.7 Å². The van der Waals surface area contributed by atoms with Gasteiger partial charge in [0, 0.05) is 23.1 Å². The number of hydrogen-bond acceptors (Lipinski definition) is 2. The molecular weight excluding hydrogens is 312 g/mol. The number of hydrogen-bond donors (Lipinski definition) is 1. The third-order valence-corrected chi connectivity index (χ3v) is 5.70. The summed E-state index contributed by atoms with van der Waals surface area (Å²) in [4.78, 5) is 2.71. The predicted molar refractivity (Wildman–Crippen MR) is 88.0 cm³/mol. The van der Waals surface area contributed by atoms with E-state index in [1.807, 2.05) is 0 Å². The van der Waals surface area contributed by atoms with Crippen LogP contribution < -0.4 is 5.32 Å². The Bertz CT molecular complexity index is 454. The number of likely N-dealkylation sites (tertiary alicyclic amines) is 1. The summed E-state index contributed by atoms with van der Waals surface area (Å²) >= 11 is 3.66. The number of rotatable bonds is 3. The summed E-state index contributed by atoms with van der Waals surface area (Å²) in [7, 11) is 0. The Labute approximate surface area is 131 Å². The minimum Gasteiger partial charge on any atom is -0.312 e. The van der Waals surface area contributed by atoms with Crippen molar-refractivity contribution in [3.63, 3.8) is 0 Å². The molecule has 1 aromatic carbocycles. The molecule has 1 aromatic rings. The average molecular weight is 337 g/mol. The first-order valence-corrected chi connectivity index (χ1v) is 8.76. The molecule has 0 bridgehead atoms. The molecule has 2 aliphatic rings. The van der Waals surface area contributed by atoms with Gasteiger partial charge < -0.3 is 5.32 Å². The molecule has 20 heavy (non-hydrogen) atoms. The van der Waals surface area contributed by atoms with Crippen molar-refractivity contribution in [2.45, 2.75) is 57.7 Å². The van der Waals surface area contributed by atoms with Gasteiger partial charge in [0.1, 0.15) is 0 Å². The van der Waals surface area contributed by atoms with Crippen LogP contribution in [-0.2, 0) is 6.54 Å². The second-order valence-electron chi connectivity index (χ2n) is 6.32. The maximum absolute atomic E-state index is 3.71. The lowest BCUT2D eigenvalue weighted by Crippen LogP contribution is -2.49. The monoisotopic (exact) mass is 336 g/mol. The van der Waals surface area contributed by atoms with Crippen LogP contribution in [-0.4, -0.2) is 30.1 Å². The fourth-order valence-electron chi connectivity index (χ4n) is 3.68. The Morgan fingerprint density at radius 2 is 2.15 bits per heavy atom. The molecule has 3 heteroatoms. The van der Waals surface area contributed by atoms with Crippen molar-refractivity contribution in [2.75, 3.05) is 13.1 Å².